The van der Waals surface area contributed by atoms with Gasteiger partial charge < -0.3 is 14.1 Å². The fourth-order valence-corrected chi connectivity index (χ4v) is 5.08. The van der Waals surface area contributed by atoms with E-state index in [9.17, 15) is 13.2 Å². The quantitative estimate of drug-likeness (QED) is 0.774. The fraction of sp³-hybridized carbons (Fsp3) is 0.389. The van der Waals surface area contributed by atoms with Gasteiger partial charge in [-0.3, -0.25) is 4.79 Å². The average molecular weight is 398 g/mol. The largest absolute Gasteiger partial charge is 0.495 e. The topological polar surface area (TPSA) is 76.8 Å². The van der Waals surface area contributed by atoms with Crippen LogP contribution in [0.2, 0.25) is 5.02 Å². The van der Waals surface area contributed by atoms with Gasteiger partial charge in [0.2, 0.25) is 0 Å². The van der Waals surface area contributed by atoms with E-state index in [-0.39, 0.29) is 24.0 Å². The number of benzene rings is 1. The van der Waals surface area contributed by atoms with Crippen molar-refractivity contribution in [3.05, 3.63) is 52.4 Å². The van der Waals surface area contributed by atoms with Crippen molar-refractivity contribution in [2.75, 3.05) is 18.6 Å². The first-order chi connectivity index (χ1) is 12.3. The van der Waals surface area contributed by atoms with Crippen LogP contribution >= 0.6 is 11.6 Å². The molecule has 1 aromatic carbocycles. The zero-order chi connectivity index (χ0) is 18.9. The Labute approximate surface area is 157 Å². The molecule has 0 saturated carbocycles. The SMILES string of the molecule is COc1ccc(C(=O)N(Cc2ccc(C)o2)[C@@H]2CCS(=O)(=O)C2)cc1Cl. The van der Waals surface area contributed by atoms with Gasteiger partial charge >= 0.3 is 0 Å². The minimum atomic E-state index is -3.13. The number of aryl methyl sites for hydroxylation is 1. The summed E-state index contributed by atoms with van der Waals surface area (Å²) in [4.78, 5) is 14.7. The summed E-state index contributed by atoms with van der Waals surface area (Å²) in [7, 11) is -1.64. The number of methoxy groups -OCH3 is 1. The number of furan rings is 1. The van der Waals surface area contributed by atoms with Crippen LogP contribution in [0.25, 0.3) is 0 Å². The van der Waals surface area contributed by atoms with Crippen LogP contribution < -0.4 is 4.74 Å². The molecule has 0 aliphatic carbocycles. The Balaban J connectivity index is 1.91. The average Bonchev–Trinajstić information content (AvgIpc) is 3.16. The Morgan fingerprint density at radius 2 is 2.12 bits per heavy atom. The van der Waals surface area contributed by atoms with E-state index in [0.717, 1.165) is 5.76 Å². The Hall–Kier alpha value is -1.99. The van der Waals surface area contributed by atoms with Crippen molar-refractivity contribution in [1.29, 1.82) is 0 Å². The third-order valence-electron chi connectivity index (χ3n) is 4.43. The highest BCUT2D eigenvalue weighted by Crippen LogP contribution is 2.28. The minimum Gasteiger partial charge on any atom is -0.495 e. The molecule has 0 bridgehead atoms. The molecule has 0 N–H and O–H groups in total. The van der Waals surface area contributed by atoms with Crippen LogP contribution in [-0.2, 0) is 16.4 Å². The van der Waals surface area contributed by atoms with Crippen molar-refractivity contribution in [2.45, 2.75) is 25.9 Å². The molecule has 1 fully saturated rings. The summed E-state index contributed by atoms with van der Waals surface area (Å²) >= 11 is 6.14. The maximum atomic E-state index is 13.1. The molecule has 2 heterocycles. The molecule has 0 unspecified atom stereocenters. The van der Waals surface area contributed by atoms with E-state index in [1.807, 2.05) is 13.0 Å². The van der Waals surface area contributed by atoms with Crippen molar-refractivity contribution >= 4 is 27.3 Å². The summed E-state index contributed by atoms with van der Waals surface area (Å²) in [5.74, 6) is 1.58. The van der Waals surface area contributed by atoms with Gasteiger partial charge in [-0.15, -0.1) is 0 Å². The maximum Gasteiger partial charge on any atom is 0.254 e. The van der Waals surface area contributed by atoms with Gasteiger partial charge in [-0.05, 0) is 43.7 Å². The van der Waals surface area contributed by atoms with Gasteiger partial charge in [-0.25, -0.2) is 8.42 Å². The number of rotatable bonds is 5. The molecule has 26 heavy (non-hydrogen) atoms. The van der Waals surface area contributed by atoms with Gasteiger partial charge in [-0.2, -0.15) is 0 Å². The normalized spacial score (nSPS) is 18.7. The second kappa shape index (κ2) is 7.32. The second-order valence-corrected chi connectivity index (χ2v) is 8.99. The predicted molar refractivity (Wildman–Crippen MR) is 98.4 cm³/mol. The lowest BCUT2D eigenvalue weighted by molar-refractivity contribution is 0.0665. The van der Waals surface area contributed by atoms with Crippen molar-refractivity contribution < 1.29 is 22.4 Å². The fourth-order valence-electron chi connectivity index (χ4n) is 3.09. The van der Waals surface area contributed by atoms with Crippen molar-refractivity contribution in [3.63, 3.8) is 0 Å². The number of amides is 1. The molecule has 0 radical (unpaired) electrons. The summed E-state index contributed by atoms with van der Waals surface area (Å²) in [6.45, 7) is 2.02. The van der Waals surface area contributed by atoms with Gasteiger partial charge in [0, 0.05) is 11.6 Å². The van der Waals surface area contributed by atoms with Crippen molar-refractivity contribution in [2.24, 2.45) is 0 Å². The standard InChI is InChI=1S/C18H20ClNO5S/c1-12-3-5-15(25-12)10-20(14-7-8-26(22,23)11-14)18(21)13-4-6-17(24-2)16(19)9-13/h3-6,9,14H,7-8,10-11H2,1-2H3/t14-/m1/s1. The van der Waals surface area contributed by atoms with Crippen LogP contribution in [0.4, 0.5) is 0 Å². The molecule has 1 atom stereocenters. The molecule has 2 aromatic rings. The molecular weight excluding hydrogens is 378 g/mol. The number of sulfone groups is 1. The molecule has 1 saturated heterocycles. The highest BCUT2D eigenvalue weighted by Gasteiger charge is 2.35. The third-order valence-corrected chi connectivity index (χ3v) is 6.48. The number of hydrogen-bond donors (Lipinski definition) is 0. The minimum absolute atomic E-state index is 0.0394. The maximum absolute atomic E-state index is 13.1. The van der Waals surface area contributed by atoms with Crippen molar-refractivity contribution in [1.82, 2.24) is 4.90 Å². The van der Waals surface area contributed by atoms with Gasteiger partial charge in [0.25, 0.3) is 5.91 Å². The summed E-state index contributed by atoms with van der Waals surface area (Å²) in [5, 5.41) is 0.325. The van der Waals surface area contributed by atoms with Crippen LogP contribution in [0.15, 0.2) is 34.7 Å². The number of hydrogen-bond acceptors (Lipinski definition) is 5. The van der Waals surface area contributed by atoms with E-state index >= 15 is 0 Å². The molecular formula is C18H20ClNO5S. The Morgan fingerprint density at radius 3 is 2.65 bits per heavy atom. The zero-order valence-corrected chi connectivity index (χ0v) is 16.1. The van der Waals surface area contributed by atoms with E-state index < -0.39 is 15.9 Å². The first kappa shape index (κ1) is 18.8. The molecule has 1 aliphatic heterocycles. The molecule has 1 aliphatic rings. The van der Waals surface area contributed by atoms with Crippen LogP contribution in [0.5, 0.6) is 5.75 Å². The van der Waals surface area contributed by atoms with E-state index in [1.54, 1.807) is 23.1 Å². The predicted octanol–water partition coefficient (Wildman–Crippen LogP) is 3.08. The van der Waals surface area contributed by atoms with E-state index in [1.165, 1.54) is 13.2 Å². The third kappa shape index (κ3) is 4.04. The zero-order valence-electron chi connectivity index (χ0n) is 14.6. The Bertz CT molecular complexity index is 921. The van der Waals surface area contributed by atoms with Crippen LogP contribution in [0.1, 0.15) is 28.3 Å². The van der Waals surface area contributed by atoms with Gasteiger partial charge in [0.1, 0.15) is 17.3 Å². The summed E-state index contributed by atoms with van der Waals surface area (Å²) in [6, 6.07) is 7.99. The number of carbonyl (C=O) groups is 1. The van der Waals surface area contributed by atoms with Gasteiger partial charge in [-0.1, -0.05) is 11.6 Å². The van der Waals surface area contributed by atoms with Gasteiger partial charge in [0.05, 0.1) is 30.2 Å². The van der Waals surface area contributed by atoms with Crippen molar-refractivity contribution in [3.8, 4) is 5.75 Å². The first-order valence-corrected chi connectivity index (χ1v) is 10.4. The van der Waals surface area contributed by atoms with Crippen LogP contribution in [0, 0.1) is 6.92 Å². The highest BCUT2D eigenvalue weighted by atomic mass is 35.5. The van der Waals surface area contributed by atoms with Crippen LogP contribution in [0.3, 0.4) is 0 Å². The summed E-state index contributed by atoms with van der Waals surface area (Å²) < 4.78 is 34.5. The Kier molecular flexibility index (Phi) is 5.29. The molecule has 6 nitrogen and oxygen atoms in total. The highest BCUT2D eigenvalue weighted by molar-refractivity contribution is 7.91. The lowest BCUT2D eigenvalue weighted by atomic mass is 10.1. The first-order valence-electron chi connectivity index (χ1n) is 8.19. The Morgan fingerprint density at radius 1 is 1.35 bits per heavy atom. The molecule has 0 spiro atoms. The summed E-state index contributed by atoms with van der Waals surface area (Å²) in [5.41, 5.74) is 0.378. The summed E-state index contributed by atoms with van der Waals surface area (Å²) in [6.07, 6.45) is 0.414. The molecule has 1 amide bonds. The number of nitrogens with zero attached hydrogens (tertiary/aromatic N) is 1. The number of halogens is 1. The van der Waals surface area contributed by atoms with Gasteiger partial charge in [0.15, 0.2) is 9.84 Å². The number of carbonyl (C=O) groups excluding carboxylic acids is 1. The van der Waals surface area contributed by atoms with Crippen LogP contribution in [-0.4, -0.2) is 43.9 Å². The second-order valence-electron chi connectivity index (χ2n) is 6.35. The van der Waals surface area contributed by atoms with E-state index in [2.05, 4.69) is 0 Å². The molecule has 3 rings (SSSR count). The smallest absolute Gasteiger partial charge is 0.254 e. The lowest BCUT2D eigenvalue weighted by Crippen LogP contribution is -2.40. The monoisotopic (exact) mass is 397 g/mol. The lowest BCUT2D eigenvalue weighted by Gasteiger charge is -2.27. The van der Waals surface area contributed by atoms with E-state index in [0.29, 0.717) is 28.5 Å². The molecule has 1 aromatic heterocycles. The molecule has 140 valence electrons. The molecule has 8 heteroatoms. The number of ether oxygens (including phenoxy) is 1. The van der Waals surface area contributed by atoms with E-state index in [4.69, 9.17) is 20.8 Å².